The average molecular weight is 570 g/mol. The number of benzene rings is 2. The van der Waals surface area contributed by atoms with Crippen molar-refractivity contribution in [3.05, 3.63) is 71.8 Å². The van der Waals surface area contributed by atoms with E-state index in [9.17, 15) is 9.59 Å². The molecule has 41 heavy (non-hydrogen) atoms. The lowest BCUT2D eigenvalue weighted by atomic mass is 9.89. The van der Waals surface area contributed by atoms with Crippen LogP contribution in [-0.4, -0.2) is 74.2 Å². The van der Waals surface area contributed by atoms with Crippen LogP contribution in [0.5, 0.6) is 0 Å². The van der Waals surface area contributed by atoms with Crippen LogP contribution in [0.2, 0.25) is 0 Å². The number of ether oxygens (including phenoxy) is 7. The zero-order valence-electron chi connectivity index (χ0n) is 23.8. The van der Waals surface area contributed by atoms with Crippen LogP contribution in [0.15, 0.2) is 60.7 Å². The molecule has 10 heteroatoms. The van der Waals surface area contributed by atoms with Gasteiger partial charge in [-0.3, -0.25) is 0 Å². The maximum Gasteiger partial charge on any atom is 0.408 e. The van der Waals surface area contributed by atoms with E-state index in [0.29, 0.717) is 13.0 Å². The molecule has 5 rings (SSSR count). The molecular weight excluding hydrogens is 530 g/mol. The molecule has 10 nitrogen and oxygen atoms in total. The zero-order chi connectivity index (χ0) is 28.9. The van der Waals surface area contributed by atoms with E-state index in [4.69, 9.17) is 33.2 Å². The standard InChI is InChI=1S/C31H39NO9/c1-5-22-26(27-23(19(3)38-22)32-31(34)41-27)40-30-28(37-17-21-14-10-7-11-15-21)24(18(2)25(39-30)29(33)35-4)36-16-20-12-8-6-9-13-20/h6-15,18-19,22-28,30H,5,16-17H2,1-4H3,(H,32,34)/t18-,19-,22?,23+,24+,25?,26+,27?,28?,30-/m0/s1. The van der Waals surface area contributed by atoms with Crippen LogP contribution < -0.4 is 5.32 Å². The molecule has 1 N–H and O–H groups in total. The van der Waals surface area contributed by atoms with E-state index in [2.05, 4.69) is 5.32 Å². The molecule has 0 radical (unpaired) electrons. The lowest BCUT2D eigenvalue weighted by molar-refractivity contribution is -0.331. The summed E-state index contributed by atoms with van der Waals surface area (Å²) in [7, 11) is 1.32. The van der Waals surface area contributed by atoms with Crippen molar-refractivity contribution in [2.75, 3.05) is 7.11 Å². The smallest absolute Gasteiger partial charge is 0.408 e. The molecule has 10 atom stereocenters. The van der Waals surface area contributed by atoms with Gasteiger partial charge in [0.15, 0.2) is 18.5 Å². The van der Waals surface area contributed by atoms with Gasteiger partial charge in [-0.05, 0) is 24.5 Å². The van der Waals surface area contributed by atoms with Crippen LogP contribution in [0.1, 0.15) is 38.3 Å². The molecule has 3 saturated heterocycles. The first kappa shape index (κ1) is 29.5. The van der Waals surface area contributed by atoms with Crippen molar-refractivity contribution >= 4 is 12.1 Å². The molecule has 3 heterocycles. The number of methoxy groups -OCH3 is 1. The summed E-state index contributed by atoms with van der Waals surface area (Å²) >= 11 is 0. The molecule has 0 aliphatic carbocycles. The van der Waals surface area contributed by atoms with Gasteiger partial charge in [-0.15, -0.1) is 0 Å². The van der Waals surface area contributed by atoms with Crippen molar-refractivity contribution in [1.82, 2.24) is 5.32 Å². The largest absolute Gasteiger partial charge is 0.467 e. The van der Waals surface area contributed by atoms with E-state index in [1.165, 1.54) is 7.11 Å². The Bertz CT molecular complexity index is 1150. The number of esters is 1. The number of carbonyl (C=O) groups is 2. The first-order valence-corrected chi connectivity index (χ1v) is 14.2. The molecule has 3 aliphatic heterocycles. The molecule has 4 unspecified atom stereocenters. The Morgan fingerprint density at radius 2 is 1.49 bits per heavy atom. The Hall–Kier alpha value is -3.02. The van der Waals surface area contributed by atoms with Crippen molar-refractivity contribution in [3.63, 3.8) is 0 Å². The number of hydrogen-bond acceptors (Lipinski definition) is 9. The highest BCUT2D eigenvalue weighted by Gasteiger charge is 2.55. The fourth-order valence-corrected chi connectivity index (χ4v) is 5.82. The van der Waals surface area contributed by atoms with E-state index in [0.717, 1.165) is 11.1 Å². The highest BCUT2D eigenvalue weighted by molar-refractivity contribution is 5.75. The molecule has 0 aromatic heterocycles. The van der Waals surface area contributed by atoms with Gasteiger partial charge in [0.1, 0.15) is 12.2 Å². The third-order valence-corrected chi connectivity index (χ3v) is 8.03. The first-order valence-electron chi connectivity index (χ1n) is 14.2. The minimum atomic E-state index is -1.05. The highest BCUT2D eigenvalue weighted by atomic mass is 16.7. The molecule has 222 valence electrons. The summed E-state index contributed by atoms with van der Waals surface area (Å²) in [5, 5.41) is 2.83. The van der Waals surface area contributed by atoms with Crippen LogP contribution in [0.4, 0.5) is 4.79 Å². The van der Waals surface area contributed by atoms with E-state index in [-0.39, 0.29) is 24.9 Å². The topological polar surface area (TPSA) is 111 Å². The normalized spacial score (nSPS) is 34.8. The van der Waals surface area contributed by atoms with Gasteiger partial charge in [-0.2, -0.15) is 0 Å². The Morgan fingerprint density at radius 1 is 0.878 bits per heavy atom. The van der Waals surface area contributed by atoms with Crippen LogP contribution in [-0.2, 0) is 51.2 Å². The monoisotopic (exact) mass is 569 g/mol. The van der Waals surface area contributed by atoms with Gasteiger partial charge in [0.2, 0.25) is 0 Å². The van der Waals surface area contributed by atoms with Crippen LogP contribution >= 0.6 is 0 Å². The second-order valence-corrected chi connectivity index (χ2v) is 10.8. The number of alkyl carbamates (subject to hydrolysis) is 1. The highest BCUT2D eigenvalue weighted by Crippen LogP contribution is 2.37. The number of carbonyl (C=O) groups excluding carboxylic acids is 2. The second kappa shape index (κ2) is 13.3. The number of rotatable bonds is 10. The first-order chi connectivity index (χ1) is 19.9. The Balaban J connectivity index is 1.45. The summed E-state index contributed by atoms with van der Waals surface area (Å²) in [6, 6.07) is 19.2. The molecule has 1 amide bonds. The van der Waals surface area contributed by atoms with E-state index in [1.807, 2.05) is 81.4 Å². The molecule has 0 bridgehead atoms. The predicted octanol–water partition coefficient (Wildman–Crippen LogP) is 3.75. The summed E-state index contributed by atoms with van der Waals surface area (Å²) < 4.78 is 42.9. The number of hydrogen-bond donors (Lipinski definition) is 1. The van der Waals surface area contributed by atoms with Crippen molar-refractivity contribution in [2.45, 2.75) is 95.5 Å². The van der Waals surface area contributed by atoms with E-state index >= 15 is 0 Å². The van der Waals surface area contributed by atoms with Gasteiger partial charge in [0, 0.05) is 5.92 Å². The van der Waals surface area contributed by atoms with Gasteiger partial charge in [-0.25, -0.2) is 9.59 Å². The maximum absolute atomic E-state index is 12.9. The van der Waals surface area contributed by atoms with E-state index in [1.54, 1.807) is 0 Å². The Labute approximate surface area is 240 Å². The zero-order valence-corrected chi connectivity index (χ0v) is 23.8. The van der Waals surface area contributed by atoms with Crippen molar-refractivity contribution in [3.8, 4) is 0 Å². The molecule has 0 saturated carbocycles. The molecule has 2 aromatic carbocycles. The fraction of sp³-hybridized carbons (Fsp3) is 0.548. The van der Waals surface area contributed by atoms with Crippen molar-refractivity contribution < 1.29 is 42.7 Å². The van der Waals surface area contributed by atoms with Crippen LogP contribution in [0.3, 0.4) is 0 Å². The van der Waals surface area contributed by atoms with Gasteiger partial charge < -0.3 is 38.5 Å². The summed E-state index contributed by atoms with van der Waals surface area (Å²) in [4.78, 5) is 25.1. The number of fused-ring (bicyclic) bond motifs is 1. The predicted molar refractivity (Wildman–Crippen MR) is 147 cm³/mol. The summed E-state index contributed by atoms with van der Waals surface area (Å²) in [6.07, 6.45) is -5.16. The molecule has 0 spiro atoms. The quantitative estimate of drug-likeness (QED) is 0.428. The van der Waals surface area contributed by atoms with Crippen LogP contribution in [0, 0.1) is 5.92 Å². The Kier molecular flexibility index (Phi) is 9.57. The second-order valence-electron chi connectivity index (χ2n) is 10.8. The summed E-state index contributed by atoms with van der Waals surface area (Å²) in [5.41, 5.74) is 1.94. The van der Waals surface area contributed by atoms with Crippen LogP contribution in [0.25, 0.3) is 0 Å². The molecule has 2 aromatic rings. The fourth-order valence-electron chi connectivity index (χ4n) is 5.82. The van der Waals surface area contributed by atoms with Crippen molar-refractivity contribution in [1.29, 1.82) is 0 Å². The molecule has 3 aliphatic rings. The minimum Gasteiger partial charge on any atom is -0.467 e. The van der Waals surface area contributed by atoms with Gasteiger partial charge >= 0.3 is 12.1 Å². The molecule has 3 fully saturated rings. The minimum absolute atomic E-state index is 0.265. The average Bonchev–Trinajstić information content (AvgIpc) is 3.40. The maximum atomic E-state index is 12.9. The number of nitrogens with one attached hydrogen (secondary N) is 1. The van der Waals surface area contributed by atoms with E-state index < -0.39 is 54.8 Å². The lowest BCUT2D eigenvalue weighted by Crippen LogP contribution is -2.63. The SMILES string of the molecule is CCC1O[C@@H](C)[C@H]2NC(=O)OC2[C@@H]1O[C@@H]1OC(C(=O)OC)[C@@H](C)[C@@H](OCc2ccccc2)C1OCc1ccccc1. The summed E-state index contributed by atoms with van der Waals surface area (Å²) in [5.74, 6) is -0.955. The third-order valence-electron chi connectivity index (χ3n) is 8.03. The van der Waals surface area contributed by atoms with Gasteiger partial charge in [0.05, 0.1) is 44.7 Å². The third kappa shape index (κ3) is 6.57. The summed E-state index contributed by atoms with van der Waals surface area (Å²) in [6.45, 7) is 6.33. The lowest BCUT2D eigenvalue weighted by Gasteiger charge is -2.47. The van der Waals surface area contributed by atoms with Gasteiger partial charge in [-0.1, -0.05) is 74.5 Å². The molecular formula is C31H39NO9. The Morgan fingerprint density at radius 3 is 2.07 bits per heavy atom. The van der Waals surface area contributed by atoms with Gasteiger partial charge in [0.25, 0.3) is 0 Å². The number of amides is 1. The van der Waals surface area contributed by atoms with Crippen molar-refractivity contribution in [2.24, 2.45) is 5.92 Å².